The van der Waals surface area contributed by atoms with E-state index in [1.807, 2.05) is 30.5 Å². The first kappa shape index (κ1) is 24.9. The molecule has 39 heavy (non-hydrogen) atoms. The van der Waals surface area contributed by atoms with Crippen LogP contribution in [0.25, 0.3) is 27.7 Å². The minimum atomic E-state index is -0.975. The van der Waals surface area contributed by atoms with Gasteiger partial charge in [-0.25, -0.2) is 14.5 Å². The summed E-state index contributed by atoms with van der Waals surface area (Å²) in [6.07, 6.45) is 7.15. The number of aliphatic hydroxyl groups is 1. The molecule has 198 valence electrons. The van der Waals surface area contributed by atoms with Gasteiger partial charge in [0.15, 0.2) is 0 Å². The third-order valence-electron chi connectivity index (χ3n) is 7.36. The highest BCUT2D eigenvalue weighted by Crippen LogP contribution is 2.34. The lowest BCUT2D eigenvalue weighted by molar-refractivity contribution is 0.0283. The van der Waals surface area contributed by atoms with Crippen LogP contribution in [-0.2, 0) is 7.05 Å². The molecule has 0 bridgehead atoms. The fourth-order valence-corrected chi connectivity index (χ4v) is 5.37. The molecule has 4 aromatic heterocycles. The minimum absolute atomic E-state index is 0.131. The summed E-state index contributed by atoms with van der Waals surface area (Å²) in [6, 6.07) is 16.5. The van der Waals surface area contributed by atoms with Crippen molar-refractivity contribution < 1.29 is 9.84 Å². The number of aryl methyl sites for hydroxylation is 1. The summed E-state index contributed by atoms with van der Waals surface area (Å²) in [5.74, 6) is 3.06. The first-order valence-electron chi connectivity index (χ1n) is 13.2. The number of pyridine rings is 2. The van der Waals surface area contributed by atoms with Crippen LogP contribution in [0.5, 0.6) is 5.75 Å². The highest BCUT2D eigenvalue weighted by Gasteiger charge is 2.25. The van der Waals surface area contributed by atoms with E-state index in [2.05, 4.69) is 45.9 Å². The lowest BCUT2D eigenvalue weighted by Crippen LogP contribution is -2.34. The van der Waals surface area contributed by atoms with Gasteiger partial charge in [-0.3, -0.25) is 0 Å². The number of fused-ring (bicyclic) bond motifs is 2. The third-order valence-corrected chi connectivity index (χ3v) is 7.36. The lowest BCUT2D eigenvalue weighted by atomic mass is 9.96. The van der Waals surface area contributed by atoms with Crippen LogP contribution in [0.2, 0.25) is 0 Å². The predicted octanol–water partition coefficient (Wildman–Crippen LogP) is 4.69. The van der Waals surface area contributed by atoms with Crippen molar-refractivity contribution in [2.45, 2.75) is 38.2 Å². The van der Waals surface area contributed by atoms with Crippen molar-refractivity contribution in [3.63, 3.8) is 0 Å². The maximum Gasteiger partial charge on any atom is 0.138 e. The second-order valence-electron chi connectivity index (χ2n) is 10.8. The van der Waals surface area contributed by atoms with Crippen LogP contribution < -0.4 is 9.64 Å². The molecule has 6 rings (SSSR count). The molecule has 0 spiro atoms. The molecule has 5 heterocycles. The Hall–Kier alpha value is -4.42. The summed E-state index contributed by atoms with van der Waals surface area (Å²) >= 11 is 0. The van der Waals surface area contributed by atoms with Gasteiger partial charge in [0.25, 0.3) is 0 Å². The van der Waals surface area contributed by atoms with Crippen LogP contribution >= 0.6 is 0 Å². The molecule has 1 aliphatic heterocycles. The molecule has 5 aromatic rings. The molecule has 0 atom stereocenters. The van der Waals surface area contributed by atoms with E-state index in [4.69, 9.17) is 14.7 Å². The van der Waals surface area contributed by atoms with E-state index in [0.717, 1.165) is 54.2 Å². The molecule has 1 aromatic carbocycles. The van der Waals surface area contributed by atoms with Crippen LogP contribution in [0.15, 0.2) is 61.1 Å². The normalized spacial score (nSPS) is 14.7. The van der Waals surface area contributed by atoms with E-state index in [1.165, 1.54) is 5.52 Å². The number of benzene rings is 1. The van der Waals surface area contributed by atoms with Crippen molar-refractivity contribution in [3.8, 4) is 22.9 Å². The molecular formula is C30H31N7O2. The van der Waals surface area contributed by atoms with Crippen LogP contribution in [0, 0.1) is 11.3 Å². The van der Waals surface area contributed by atoms with Gasteiger partial charge in [-0.05, 0) is 57.0 Å². The average Bonchev–Trinajstić information content (AvgIpc) is 3.52. The number of rotatable bonds is 6. The van der Waals surface area contributed by atoms with E-state index in [-0.39, 0.29) is 6.61 Å². The molecule has 9 heteroatoms. The maximum atomic E-state index is 10.1. The van der Waals surface area contributed by atoms with Crippen molar-refractivity contribution in [1.29, 1.82) is 5.26 Å². The van der Waals surface area contributed by atoms with Gasteiger partial charge in [0.05, 0.1) is 40.1 Å². The fourth-order valence-electron chi connectivity index (χ4n) is 5.37. The van der Waals surface area contributed by atoms with E-state index >= 15 is 0 Å². The van der Waals surface area contributed by atoms with Gasteiger partial charge in [-0.15, -0.1) is 0 Å². The second kappa shape index (κ2) is 9.71. The number of imidazole rings is 1. The number of para-hydroxylation sites is 2. The van der Waals surface area contributed by atoms with E-state index in [9.17, 15) is 10.4 Å². The Kier molecular flexibility index (Phi) is 6.20. The third kappa shape index (κ3) is 4.79. The number of hydrogen-bond acceptors (Lipinski definition) is 7. The Morgan fingerprint density at radius 1 is 1.13 bits per heavy atom. The summed E-state index contributed by atoms with van der Waals surface area (Å²) in [5.41, 5.74) is 4.10. The molecule has 0 aliphatic carbocycles. The van der Waals surface area contributed by atoms with Gasteiger partial charge in [0, 0.05) is 43.4 Å². The number of ether oxygens (including phenoxy) is 1. The second-order valence-corrected chi connectivity index (χ2v) is 10.8. The van der Waals surface area contributed by atoms with Crippen LogP contribution in [0.4, 0.5) is 5.82 Å². The molecule has 0 unspecified atom stereocenters. The van der Waals surface area contributed by atoms with Crippen molar-refractivity contribution in [3.05, 3.63) is 72.4 Å². The van der Waals surface area contributed by atoms with Gasteiger partial charge in [0.1, 0.15) is 30.1 Å². The number of hydrogen-bond donors (Lipinski definition) is 1. The fraction of sp³-hybridized carbons (Fsp3) is 0.333. The molecule has 0 radical (unpaired) electrons. The Labute approximate surface area is 226 Å². The molecule has 1 N–H and O–H groups in total. The molecule has 1 aliphatic rings. The van der Waals surface area contributed by atoms with E-state index in [1.54, 1.807) is 30.8 Å². The highest BCUT2D eigenvalue weighted by atomic mass is 16.5. The first-order valence-corrected chi connectivity index (χ1v) is 13.2. The van der Waals surface area contributed by atoms with Crippen molar-refractivity contribution in [2.24, 2.45) is 7.05 Å². The van der Waals surface area contributed by atoms with Gasteiger partial charge in [-0.2, -0.15) is 10.4 Å². The highest BCUT2D eigenvalue weighted by molar-refractivity contribution is 5.85. The Morgan fingerprint density at radius 2 is 1.92 bits per heavy atom. The zero-order valence-corrected chi connectivity index (χ0v) is 22.4. The Morgan fingerprint density at radius 3 is 2.62 bits per heavy atom. The average molecular weight is 522 g/mol. The van der Waals surface area contributed by atoms with Crippen molar-refractivity contribution in [1.82, 2.24) is 24.1 Å². The molecule has 1 saturated heterocycles. The van der Waals surface area contributed by atoms with Crippen molar-refractivity contribution >= 4 is 22.4 Å². The summed E-state index contributed by atoms with van der Waals surface area (Å²) in [6.45, 7) is 5.33. The van der Waals surface area contributed by atoms with Crippen molar-refractivity contribution in [2.75, 3.05) is 24.6 Å². The van der Waals surface area contributed by atoms with Crippen LogP contribution in [0.3, 0.4) is 0 Å². The Balaban J connectivity index is 1.22. The molecule has 0 amide bonds. The summed E-state index contributed by atoms with van der Waals surface area (Å²) in [7, 11) is 2.11. The molecule has 1 fully saturated rings. The number of aromatic nitrogens is 5. The molecular weight excluding hydrogens is 490 g/mol. The van der Waals surface area contributed by atoms with E-state index in [0.29, 0.717) is 22.7 Å². The summed E-state index contributed by atoms with van der Waals surface area (Å²) in [4.78, 5) is 12.0. The summed E-state index contributed by atoms with van der Waals surface area (Å²) in [5, 5.41) is 24.1. The number of piperidine rings is 1. The Bertz CT molecular complexity index is 1680. The topological polar surface area (TPSA) is 104 Å². The quantitative estimate of drug-likeness (QED) is 0.346. The standard InChI is InChI=1S/C30H31N7O2/c1-30(2,38)19-39-23-14-24(28-22(15-31)17-33-37(28)18-23)21-8-9-27(32-16-21)36-12-10-20(11-13-36)29-34-25-6-4-5-7-26(25)35(29)3/h4-9,14,16-18,20,38H,10-13,19H2,1-3H3. The summed E-state index contributed by atoms with van der Waals surface area (Å²) < 4.78 is 9.72. The zero-order chi connectivity index (χ0) is 27.1. The van der Waals surface area contributed by atoms with E-state index < -0.39 is 5.60 Å². The van der Waals surface area contributed by atoms with Gasteiger partial charge in [0.2, 0.25) is 0 Å². The van der Waals surface area contributed by atoms with Crippen LogP contribution in [-0.4, -0.2) is 54.6 Å². The maximum absolute atomic E-state index is 10.1. The van der Waals surface area contributed by atoms with Gasteiger partial charge in [-0.1, -0.05) is 12.1 Å². The smallest absolute Gasteiger partial charge is 0.138 e. The zero-order valence-electron chi connectivity index (χ0n) is 22.4. The number of nitriles is 1. The minimum Gasteiger partial charge on any atom is -0.489 e. The number of nitrogens with zero attached hydrogens (tertiary/aromatic N) is 7. The monoisotopic (exact) mass is 521 g/mol. The van der Waals surface area contributed by atoms with Gasteiger partial charge >= 0.3 is 0 Å². The lowest BCUT2D eigenvalue weighted by Gasteiger charge is -2.32. The predicted molar refractivity (Wildman–Crippen MR) is 150 cm³/mol. The molecule has 9 nitrogen and oxygen atoms in total. The SMILES string of the molecule is Cn1c(C2CCN(c3ccc(-c4cc(OCC(C)(C)O)cn5ncc(C#N)c45)cn3)CC2)nc2ccccc21. The number of anilines is 1. The largest absolute Gasteiger partial charge is 0.489 e. The molecule has 0 saturated carbocycles. The first-order chi connectivity index (χ1) is 18.8. The van der Waals surface area contributed by atoms with Gasteiger partial charge < -0.3 is 19.3 Å². The van der Waals surface area contributed by atoms with Crippen LogP contribution in [0.1, 0.15) is 44.0 Å².